The normalized spacial score (nSPS) is 22.7. The second kappa shape index (κ2) is 6.66. The summed E-state index contributed by atoms with van der Waals surface area (Å²) in [6, 6.07) is 4.08. The van der Waals surface area contributed by atoms with Crippen LogP contribution in [0.15, 0.2) is 12.1 Å². The first-order valence-electron chi connectivity index (χ1n) is 9.46. The summed E-state index contributed by atoms with van der Waals surface area (Å²) in [7, 11) is 1.70. The zero-order chi connectivity index (χ0) is 19.3. The van der Waals surface area contributed by atoms with E-state index < -0.39 is 7.12 Å². The minimum Gasteiger partial charge on any atom is -0.399 e. The van der Waals surface area contributed by atoms with Gasteiger partial charge in [0.2, 0.25) is 0 Å². The van der Waals surface area contributed by atoms with E-state index in [0.717, 1.165) is 48.3 Å². The summed E-state index contributed by atoms with van der Waals surface area (Å²) in [5.41, 5.74) is 3.03. The third kappa shape index (κ3) is 3.42. The first kappa shape index (κ1) is 19.4. The molecule has 0 N–H and O–H groups in total. The summed E-state index contributed by atoms with van der Waals surface area (Å²) in [6.45, 7) is 15.6. The number of benzene rings is 1. The van der Waals surface area contributed by atoms with Crippen LogP contribution in [0.1, 0.15) is 49.2 Å². The Morgan fingerprint density at radius 2 is 1.42 bits per heavy atom. The second-order valence-electron chi connectivity index (χ2n) is 8.71. The van der Waals surface area contributed by atoms with Crippen LogP contribution >= 0.6 is 0 Å². The van der Waals surface area contributed by atoms with E-state index in [4.69, 9.17) is 9.31 Å². The minimum atomic E-state index is -0.398. The van der Waals surface area contributed by atoms with E-state index in [-0.39, 0.29) is 17.1 Å². The van der Waals surface area contributed by atoms with Crippen molar-refractivity contribution in [3.63, 3.8) is 0 Å². The number of amides is 1. The Morgan fingerprint density at radius 3 is 1.88 bits per heavy atom. The zero-order valence-electron chi connectivity index (χ0n) is 17.2. The zero-order valence-corrected chi connectivity index (χ0v) is 17.2. The van der Waals surface area contributed by atoms with Crippen LogP contribution in [0.4, 0.5) is 0 Å². The third-order valence-electron chi connectivity index (χ3n) is 6.08. The van der Waals surface area contributed by atoms with Crippen molar-refractivity contribution < 1.29 is 14.1 Å². The van der Waals surface area contributed by atoms with Crippen molar-refractivity contribution >= 4 is 18.5 Å². The Kier molecular flexibility index (Phi) is 4.97. The van der Waals surface area contributed by atoms with Crippen molar-refractivity contribution in [3.05, 3.63) is 28.8 Å². The van der Waals surface area contributed by atoms with Crippen LogP contribution in [0.25, 0.3) is 0 Å². The standard InChI is InChI=1S/C20H31BN2O3/c1-14-12-16(21-25-19(3,4)20(5,6)26-21)13-15(2)17(14)18(24)23-10-8-22(7)9-11-23/h12-13H,8-11H2,1-7H3. The molecule has 3 rings (SSSR count). The number of carbonyl (C=O) groups excluding carboxylic acids is 1. The smallest absolute Gasteiger partial charge is 0.399 e. The topological polar surface area (TPSA) is 42.0 Å². The van der Waals surface area contributed by atoms with Crippen molar-refractivity contribution in [1.29, 1.82) is 0 Å². The molecule has 142 valence electrons. The van der Waals surface area contributed by atoms with Crippen LogP contribution in [0.5, 0.6) is 0 Å². The quantitative estimate of drug-likeness (QED) is 0.759. The SMILES string of the molecule is Cc1cc(B2OC(C)(C)C(C)(C)O2)cc(C)c1C(=O)N1CCN(C)CC1. The van der Waals surface area contributed by atoms with Gasteiger partial charge < -0.3 is 19.1 Å². The monoisotopic (exact) mass is 358 g/mol. The lowest BCUT2D eigenvalue weighted by Gasteiger charge is -2.33. The number of piperazine rings is 1. The van der Waals surface area contributed by atoms with Crippen molar-refractivity contribution in [2.75, 3.05) is 33.2 Å². The van der Waals surface area contributed by atoms with Crippen LogP contribution in [-0.2, 0) is 9.31 Å². The van der Waals surface area contributed by atoms with Gasteiger partial charge in [0, 0.05) is 31.7 Å². The molecular formula is C20H31BN2O3. The predicted molar refractivity (Wildman–Crippen MR) is 105 cm³/mol. The Bertz CT molecular complexity index is 670. The lowest BCUT2D eigenvalue weighted by Crippen LogP contribution is -2.47. The number of hydrogen-bond donors (Lipinski definition) is 0. The average Bonchev–Trinajstić information content (AvgIpc) is 2.75. The minimum absolute atomic E-state index is 0.133. The Labute approximate surface area is 157 Å². The van der Waals surface area contributed by atoms with Gasteiger partial charge in [0.15, 0.2) is 0 Å². The van der Waals surface area contributed by atoms with Crippen molar-refractivity contribution in [2.24, 2.45) is 0 Å². The van der Waals surface area contributed by atoms with Crippen molar-refractivity contribution in [1.82, 2.24) is 9.80 Å². The molecule has 5 nitrogen and oxygen atoms in total. The summed E-state index contributed by atoms with van der Waals surface area (Å²) in [5.74, 6) is 0.133. The lowest BCUT2D eigenvalue weighted by atomic mass is 9.76. The van der Waals surface area contributed by atoms with Crippen LogP contribution in [0.3, 0.4) is 0 Å². The maximum absolute atomic E-state index is 13.0. The molecule has 2 saturated heterocycles. The van der Waals surface area contributed by atoms with E-state index >= 15 is 0 Å². The summed E-state index contributed by atoms with van der Waals surface area (Å²) in [4.78, 5) is 17.2. The Morgan fingerprint density at radius 1 is 0.962 bits per heavy atom. The fourth-order valence-corrected chi connectivity index (χ4v) is 3.62. The molecule has 2 aliphatic rings. The second-order valence-corrected chi connectivity index (χ2v) is 8.71. The van der Waals surface area contributed by atoms with Crippen molar-refractivity contribution in [2.45, 2.75) is 52.7 Å². The van der Waals surface area contributed by atoms with Crippen LogP contribution in [0.2, 0.25) is 0 Å². The summed E-state index contributed by atoms with van der Waals surface area (Å²) < 4.78 is 12.3. The van der Waals surface area contributed by atoms with Gasteiger partial charge in [-0.1, -0.05) is 12.1 Å². The molecule has 2 heterocycles. The van der Waals surface area contributed by atoms with Gasteiger partial charge in [-0.05, 0) is 65.2 Å². The Balaban J connectivity index is 1.84. The first-order valence-corrected chi connectivity index (χ1v) is 9.46. The molecule has 1 aromatic carbocycles. The molecule has 0 saturated carbocycles. The van der Waals surface area contributed by atoms with Crippen LogP contribution < -0.4 is 5.46 Å². The molecule has 2 aliphatic heterocycles. The van der Waals surface area contributed by atoms with Crippen LogP contribution in [0, 0.1) is 13.8 Å². The fraction of sp³-hybridized carbons (Fsp3) is 0.650. The highest BCUT2D eigenvalue weighted by atomic mass is 16.7. The van der Waals surface area contributed by atoms with E-state index in [0.29, 0.717) is 0 Å². The van der Waals surface area contributed by atoms with Gasteiger partial charge in [-0.25, -0.2) is 0 Å². The largest absolute Gasteiger partial charge is 0.494 e. The number of rotatable bonds is 2. The molecule has 0 bridgehead atoms. The van der Waals surface area contributed by atoms with E-state index in [1.54, 1.807) is 0 Å². The molecule has 26 heavy (non-hydrogen) atoms. The number of hydrogen-bond acceptors (Lipinski definition) is 4. The molecule has 0 aromatic heterocycles. The van der Waals surface area contributed by atoms with Gasteiger partial charge in [-0.3, -0.25) is 4.79 Å². The van der Waals surface area contributed by atoms with Gasteiger partial charge in [0.25, 0.3) is 5.91 Å². The van der Waals surface area contributed by atoms with E-state index in [2.05, 4.69) is 39.6 Å². The van der Waals surface area contributed by atoms with E-state index in [1.165, 1.54) is 0 Å². The van der Waals surface area contributed by atoms with Gasteiger partial charge in [0.05, 0.1) is 11.2 Å². The molecule has 0 atom stereocenters. The highest BCUT2D eigenvalue weighted by Gasteiger charge is 2.51. The molecule has 0 radical (unpaired) electrons. The summed E-state index contributed by atoms with van der Waals surface area (Å²) in [5, 5.41) is 0. The maximum atomic E-state index is 13.0. The molecule has 1 amide bonds. The highest BCUT2D eigenvalue weighted by Crippen LogP contribution is 2.36. The summed E-state index contributed by atoms with van der Waals surface area (Å²) in [6.07, 6.45) is 0. The highest BCUT2D eigenvalue weighted by molar-refractivity contribution is 6.62. The number of carbonyl (C=O) groups is 1. The van der Waals surface area contributed by atoms with Gasteiger partial charge in [-0.15, -0.1) is 0 Å². The number of likely N-dealkylation sites (N-methyl/N-ethyl adjacent to an activating group) is 1. The average molecular weight is 358 g/mol. The maximum Gasteiger partial charge on any atom is 0.494 e. The first-order chi connectivity index (χ1) is 12.0. The lowest BCUT2D eigenvalue weighted by molar-refractivity contribution is 0.00578. The van der Waals surface area contributed by atoms with Gasteiger partial charge in [0.1, 0.15) is 0 Å². The number of nitrogens with zero attached hydrogens (tertiary/aromatic N) is 2. The van der Waals surface area contributed by atoms with E-state index in [1.807, 2.05) is 30.9 Å². The molecular weight excluding hydrogens is 327 g/mol. The fourth-order valence-electron chi connectivity index (χ4n) is 3.62. The molecule has 0 aliphatic carbocycles. The predicted octanol–water partition coefficient (Wildman–Crippen LogP) is 1.99. The van der Waals surface area contributed by atoms with E-state index in [9.17, 15) is 4.79 Å². The van der Waals surface area contributed by atoms with Gasteiger partial charge in [-0.2, -0.15) is 0 Å². The number of aryl methyl sites for hydroxylation is 2. The molecule has 0 unspecified atom stereocenters. The Hall–Kier alpha value is -1.37. The van der Waals surface area contributed by atoms with Crippen molar-refractivity contribution in [3.8, 4) is 0 Å². The summed E-state index contributed by atoms with van der Waals surface area (Å²) >= 11 is 0. The molecule has 0 spiro atoms. The third-order valence-corrected chi connectivity index (χ3v) is 6.08. The molecule has 1 aromatic rings. The molecule has 6 heteroatoms. The van der Waals surface area contributed by atoms with Crippen LogP contribution in [-0.4, -0.2) is 67.3 Å². The van der Waals surface area contributed by atoms with Gasteiger partial charge >= 0.3 is 7.12 Å². The molecule has 2 fully saturated rings.